The molecule has 19 heavy (non-hydrogen) atoms. The minimum atomic E-state index is -0.153. The molecule has 3 N–H and O–H groups in total. The molecule has 2 rings (SSSR count). The largest absolute Gasteiger partial charge is 0.395 e. The monoisotopic (exact) mass is 266 g/mol. The number of hydrogen-bond donors (Lipinski definition) is 2. The van der Waals surface area contributed by atoms with Crippen LogP contribution >= 0.6 is 0 Å². The van der Waals surface area contributed by atoms with Gasteiger partial charge in [0.2, 0.25) is 0 Å². The van der Waals surface area contributed by atoms with Crippen molar-refractivity contribution in [2.45, 2.75) is 39.8 Å². The van der Waals surface area contributed by atoms with Crippen molar-refractivity contribution in [1.29, 1.82) is 0 Å². The van der Waals surface area contributed by atoms with Crippen molar-refractivity contribution in [3.05, 3.63) is 11.4 Å². The molecule has 1 aromatic heterocycles. The molecule has 0 aliphatic carbocycles. The van der Waals surface area contributed by atoms with Crippen molar-refractivity contribution >= 4 is 11.6 Å². The number of anilines is 1. The second-order valence-electron chi connectivity index (χ2n) is 5.05. The Kier molecular flexibility index (Phi) is 4.09. The number of nitrogens with two attached hydrogens (primary N) is 1. The summed E-state index contributed by atoms with van der Waals surface area (Å²) in [4.78, 5) is 12.3. The Morgan fingerprint density at radius 2 is 2.42 bits per heavy atom. The van der Waals surface area contributed by atoms with Crippen LogP contribution in [0.25, 0.3) is 0 Å². The number of nitrogens with zero attached hydrogens (tertiary/aromatic N) is 2. The molecular weight excluding hydrogens is 244 g/mol. The van der Waals surface area contributed by atoms with Gasteiger partial charge in [0.15, 0.2) is 0 Å². The lowest BCUT2D eigenvalue weighted by atomic mass is 10.0. The minimum absolute atomic E-state index is 0.0786. The Balaban J connectivity index is 2.11. The fraction of sp³-hybridized carbons (Fsp3) is 0.692. The van der Waals surface area contributed by atoms with E-state index in [4.69, 9.17) is 10.5 Å². The van der Waals surface area contributed by atoms with E-state index < -0.39 is 0 Å². The number of hydrogen-bond acceptors (Lipinski definition) is 4. The van der Waals surface area contributed by atoms with Crippen LogP contribution in [0.2, 0.25) is 0 Å². The van der Waals surface area contributed by atoms with Gasteiger partial charge in [-0.1, -0.05) is 0 Å². The average Bonchev–Trinajstić information content (AvgIpc) is 2.98. The summed E-state index contributed by atoms with van der Waals surface area (Å²) in [5.74, 6) is 0.226. The van der Waals surface area contributed by atoms with Gasteiger partial charge in [-0.25, -0.2) is 0 Å². The first-order valence-corrected chi connectivity index (χ1v) is 6.76. The number of ether oxygens (including phenoxy) is 1. The van der Waals surface area contributed by atoms with Crippen LogP contribution in [0.5, 0.6) is 0 Å². The quantitative estimate of drug-likeness (QED) is 0.850. The molecule has 0 spiro atoms. The van der Waals surface area contributed by atoms with E-state index >= 15 is 0 Å². The summed E-state index contributed by atoms with van der Waals surface area (Å²) >= 11 is 0. The molecule has 106 valence electrons. The van der Waals surface area contributed by atoms with Crippen LogP contribution in [0.4, 0.5) is 5.69 Å². The molecule has 2 atom stereocenters. The summed E-state index contributed by atoms with van der Waals surface area (Å²) in [7, 11) is 0. The normalized spacial score (nSPS) is 20.5. The maximum atomic E-state index is 12.3. The Hall–Kier alpha value is -1.56. The molecular formula is C13H22N4O2. The molecule has 1 aliphatic heterocycles. The predicted octanol–water partition coefficient (Wildman–Crippen LogP) is 0.948. The molecule has 2 unspecified atom stereocenters. The van der Waals surface area contributed by atoms with Gasteiger partial charge in [-0.3, -0.25) is 9.48 Å². The van der Waals surface area contributed by atoms with Crippen LogP contribution in [0, 0.1) is 12.8 Å². The van der Waals surface area contributed by atoms with Crippen LogP contribution in [0.15, 0.2) is 0 Å². The zero-order chi connectivity index (χ0) is 14.0. The van der Waals surface area contributed by atoms with E-state index in [9.17, 15) is 4.79 Å². The Labute approximate surface area is 113 Å². The summed E-state index contributed by atoms with van der Waals surface area (Å²) < 4.78 is 7.00. The number of carbonyl (C=O) groups excluding carboxylic acids is 1. The highest BCUT2D eigenvalue weighted by molar-refractivity contribution is 5.98. The Bertz CT molecular complexity index is 463. The Morgan fingerprint density at radius 3 is 3.00 bits per heavy atom. The fourth-order valence-electron chi connectivity index (χ4n) is 2.40. The maximum absolute atomic E-state index is 12.3. The molecule has 6 heteroatoms. The molecule has 1 amide bonds. The van der Waals surface area contributed by atoms with Crippen LogP contribution in [0.1, 0.15) is 36.5 Å². The molecule has 1 aliphatic rings. The van der Waals surface area contributed by atoms with E-state index in [1.807, 2.05) is 20.8 Å². The van der Waals surface area contributed by atoms with Gasteiger partial charge in [-0.05, 0) is 27.2 Å². The minimum Gasteiger partial charge on any atom is -0.395 e. The first-order chi connectivity index (χ1) is 9.04. The van der Waals surface area contributed by atoms with Gasteiger partial charge >= 0.3 is 0 Å². The summed E-state index contributed by atoms with van der Waals surface area (Å²) in [6.45, 7) is 7.88. The van der Waals surface area contributed by atoms with Gasteiger partial charge in [-0.2, -0.15) is 5.10 Å². The maximum Gasteiger partial charge on any atom is 0.271 e. The van der Waals surface area contributed by atoms with E-state index in [1.54, 1.807) is 4.68 Å². The molecule has 1 aromatic rings. The molecule has 0 radical (unpaired) electrons. The van der Waals surface area contributed by atoms with Crippen molar-refractivity contribution in [1.82, 2.24) is 15.1 Å². The molecule has 1 fully saturated rings. The van der Waals surface area contributed by atoms with Crippen LogP contribution in [-0.2, 0) is 11.3 Å². The first kappa shape index (κ1) is 13.9. The third-order valence-electron chi connectivity index (χ3n) is 3.72. The molecule has 6 nitrogen and oxygen atoms in total. The van der Waals surface area contributed by atoms with Crippen molar-refractivity contribution in [2.24, 2.45) is 5.92 Å². The molecule has 2 heterocycles. The third kappa shape index (κ3) is 2.73. The molecule has 0 aromatic carbocycles. The van der Waals surface area contributed by atoms with Gasteiger partial charge in [-0.15, -0.1) is 0 Å². The molecule has 0 bridgehead atoms. The number of aromatic nitrogens is 2. The molecule has 1 saturated heterocycles. The van der Waals surface area contributed by atoms with E-state index in [2.05, 4.69) is 10.4 Å². The SMILES string of the molecule is CCn1nc(C)c(N)c1C(=O)NC(C)C1CCOC1. The number of amides is 1. The lowest BCUT2D eigenvalue weighted by Crippen LogP contribution is -2.39. The van der Waals surface area contributed by atoms with Crippen LogP contribution in [0.3, 0.4) is 0 Å². The highest BCUT2D eigenvalue weighted by atomic mass is 16.5. The van der Waals surface area contributed by atoms with Crippen LogP contribution in [-0.4, -0.2) is 34.9 Å². The van der Waals surface area contributed by atoms with E-state index in [1.165, 1.54) is 0 Å². The second-order valence-corrected chi connectivity index (χ2v) is 5.05. The van der Waals surface area contributed by atoms with Gasteiger partial charge in [0.25, 0.3) is 5.91 Å². The van der Waals surface area contributed by atoms with Crippen molar-refractivity contribution in [2.75, 3.05) is 18.9 Å². The number of rotatable bonds is 4. The van der Waals surface area contributed by atoms with Gasteiger partial charge in [0.05, 0.1) is 18.0 Å². The highest BCUT2D eigenvalue weighted by Gasteiger charge is 2.26. The summed E-state index contributed by atoms with van der Waals surface area (Å²) in [6, 6.07) is 0.0786. The average molecular weight is 266 g/mol. The number of nitrogen functional groups attached to an aromatic ring is 1. The number of aryl methyl sites for hydroxylation is 2. The zero-order valence-corrected chi connectivity index (χ0v) is 11.8. The summed E-state index contributed by atoms with van der Waals surface area (Å²) in [5, 5.41) is 7.27. The lowest BCUT2D eigenvalue weighted by molar-refractivity contribution is 0.0912. The van der Waals surface area contributed by atoms with Crippen LogP contribution < -0.4 is 11.1 Å². The fourth-order valence-corrected chi connectivity index (χ4v) is 2.40. The van der Waals surface area contributed by atoms with Gasteiger partial charge in [0.1, 0.15) is 5.69 Å². The van der Waals surface area contributed by atoms with E-state index in [-0.39, 0.29) is 11.9 Å². The van der Waals surface area contributed by atoms with Crippen molar-refractivity contribution < 1.29 is 9.53 Å². The summed E-state index contributed by atoms with van der Waals surface area (Å²) in [6.07, 6.45) is 0.989. The first-order valence-electron chi connectivity index (χ1n) is 6.76. The van der Waals surface area contributed by atoms with E-state index in [0.717, 1.165) is 13.0 Å². The second kappa shape index (κ2) is 5.61. The lowest BCUT2D eigenvalue weighted by Gasteiger charge is -2.19. The van der Waals surface area contributed by atoms with Gasteiger partial charge in [0, 0.05) is 25.1 Å². The third-order valence-corrected chi connectivity index (χ3v) is 3.72. The van der Waals surface area contributed by atoms with Crippen molar-refractivity contribution in [3.63, 3.8) is 0 Å². The van der Waals surface area contributed by atoms with Crippen molar-refractivity contribution in [3.8, 4) is 0 Å². The smallest absolute Gasteiger partial charge is 0.271 e. The zero-order valence-electron chi connectivity index (χ0n) is 11.8. The van der Waals surface area contributed by atoms with E-state index in [0.29, 0.717) is 36.1 Å². The topological polar surface area (TPSA) is 82.2 Å². The number of nitrogens with one attached hydrogen (secondary N) is 1. The number of carbonyl (C=O) groups is 1. The standard InChI is InChI=1S/C13H22N4O2/c1-4-17-12(11(14)9(3)16-17)13(18)15-8(2)10-5-6-19-7-10/h8,10H,4-7,14H2,1-3H3,(H,15,18). The highest BCUT2D eigenvalue weighted by Crippen LogP contribution is 2.19. The Morgan fingerprint density at radius 1 is 1.68 bits per heavy atom. The predicted molar refractivity (Wildman–Crippen MR) is 72.9 cm³/mol. The summed E-state index contributed by atoms with van der Waals surface area (Å²) in [5.41, 5.74) is 7.57. The molecule has 0 saturated carbocycles. The van der Waals surface area contributed by atoms with Gasteiger partial charge < -0.3 is 15.8 Å².